The summed E-state index contributed by atoms with van der Waals surface area (Å²) in [5, 5.41) is 56.5. The molecule has 0 aliphatic heterocycles. The topological polar surface area (TPSA) is 177 Å². The maximum Gasteiger partial charge on any atom is 0.320 e. The lowest BCUT2D eigenvalue weighted by Crippen LogP contribution is -2.47. The highest BCUT2D eigenvalue weighted by atomic mass is 16.8. The van der Waals surface area contributed by atoms with Crippen LogP contribution < -0.4 is 5.32 Å². The van der Waals surface area contributed by atoms with Gasteiger partial charge in [-0.05, 0) is 13.3 Å². The van der Waals surface area contributed by atoms with Crippen molar-refractivity contribution in [1.29, 1.82) is 0 Å². The Morgan fingerprint density at radius 2 is 1.81 bits per heavy atom. The van der Waals surface area contributed by atoms with Gasteiger partial charge in [-0.2, -0.15) is 0 Å². The zero-order valence-electron chi connectivity index (χ0n) is 11.5. The van der Waals surface area contributed by atoms with E-state index in [1.54, 1.807) is 0 Å². The number of rotatable bonds is 11. The summed E-state index contributed by atoms with van der Waals surface area (Å²) in [6, 6.07) is -1.17. The number of hydrogen-bond acceptors (Lipinski definition) is 8. The third-order valence-electron chi connectivity index (χ3n) is 2.58. The fourth-order valence-electron chi connectivity index (χ4n) is 1.26. The van der Waals surface area contributed by atoms with Crippen LogP contribution in [0.25, 0.3) is 0 Å². The molecule has 10 heteroatoms. The third kappa shape index (κ3) is 8.55. The van der Waals surface area contributed by atoms with Crippen molar-refractivity contribution in [1.82, 2.24) is 5.32 Å². The molecule has 124 valence electrons. The number of ether oxygens (including phenoxy) is 1. The maximum atomic E-state index is 10.8. The van der Waals surface area contributed by atoms with E-state index in [4.69, 9.17) is 25.5 Å². The molecule has 0 aromatic carbocycles. The molecule has 0 amide bonds. The minimum absolute atomic E-state index is 0.171. The smallest absolute Gasteiger partial charge is 0.320 e. The van der Waals surface area contributed by atoms with Gasteiger partial charge in [0.05, 0.1) is 12.7 Å². The summed E-state index contributed by atoms with van der Waals surface area (Å²) in [4.78, 5) is 21.2. The van der Waals surface area contributed by atoms with E-state index < -0.39 is 42.8 Å². The second-order valence-electron chi connectivity index (χ2n) is 4.53. The van der Waals surface area contributed by atoms with Crippen LogP contribution in [0.2, 0.25) is 0 Å². The molecular formula is C11H21NO9. The normalized spacial score (nSPS) is 16.2. The molecule has 10 nitrogen and oxygen atoms in total. The van der Waals surface area contributed by atoms with Crippen LogP contribution in [-0.4, -0.2) is 80.0 Å². The first kappa shape index (κ1) is 19.7. The molecule has 7 N–H and O–H groups in total. The maximum absolute atomic E-state index is 10.8. The van der Waals surface area contributed by atoms with Gasteiger partial charge < -0.3 is 40.7 Å². The molecule has 0 rings (SSSR count). The Hall–Kier alpha value is -1.30. The predicted octanol–water partition coefficient (Wildman–Crippen LogP) is -2.71. The number of carbonyl (C=O) groups is 2. The molecular weight excluding hydrogens is 290 g/mol. The molecule has 0 fully saturated rings. The van der Waals surface area contributed by atoms with Gasteiger partial charge in [0.15, 0.2) is 0 Å². The molecule has 0 heterocycles. The number of aliphatic hydroxyl groups is 4. The number of aliphatic hydroxyl groups excluding tert-OH is 2. The summed E-state index contributed by atoms with van der Waals surface area (Å²) in [7, 11) is 0. The highest BCUT2D eigenvalue weighted by Crippen LogP contribution is 2.08. The van der Waals surface area contributed by atoms with Crippen molar-refractivity contribution >= 4 is 11.9 Å². The summed E-state index contributed by atoms with van der Waals surface area (Å²) < 4.78 is 4.47. The average Bonchev–Trinajstić information content (AvgIpc) is 2.35. The molecule has 21 heavy (non-hydrogen) atoms. The fourth-order valence-corrected chi connectivity index (χ4v) is 1.26. The van der Waals surface area contributed by atoms with E-state index in [1.807, 2.05) is 0 Å². The van der Waals surface area contributed by atoms with Crippen molar-refractivity contribution in [3.63, 3.8) is 0 Å². The molecule has 3 atom stereocenters. The minimum Gasteiger partial charge on any atom is -0.481 e. The quantitative estimate of drug-likeness (QED) is 0.198. The van der Waals surface area contributed by atoms with Crippen LogP contribution in [0.4, 0.5) is 0 Å². The van der Waals surface area contributed by atoms with E-state index in [0.717, 1.165) is 6.92 Å². The lowest BCUT2D eigenvalue weighted by molar-refractivity contribution is -0.377. The van der Waals surface area contributed by atoms with E-state index >= 15 is 0 Å². The lowest BCUT2D eigenvalue weighted by atomic mass is 10.1. The zero-order chi connectivity index (χ0) is 16.6. The Labute approximate surface area is 120 Å². The Morgan fingerprint density at radius 1 is 1.24 bits per heavy atom. The summed E-state index contributed by atoms with van der Waals surface area (Å²) in [6.45, 7) is 0.222. The fraction of sp³-hybridized carbons (Fsp3) is 0.818. The molecule has 0 saturated carbocycles. The largest absolute Gasteiger partial charge is 0.481 e. The van der Waals surface area contributed by atoms with Gasteiger partial charge in [0.25, 0.3) is 0 Å². The zero-order valence-corrected chi connectivity index (χ0v) is 11.5. The monoisotopic (exact) mass is 311 g/mol. The Balaban J connectivity index is 4.16. The minimum atomic E-state index is -2.82. The van der Waals surface area contributed by atoms with E-state index in [1.165, 1.54) is 0 Å². The third-order valence-corrected chi connectivity index (χ3v) is 2.58. The van der Waals surface area contributed by atoms with E-state index in [0.29, 0.717) is 0 Å². The Morgan fingerprint density at radius 3 is 2.24 bits per heavy atom. The van der Waals surface area contributed by atoms with Crippen molar-refractivity contribution in [2.24, 2.45) is 0 Å². The summed E-state index contributed by atoms with van der Waals surface area (Å²) in [5.74, 6) is -5.24. The van der Waals surface area contributed by atoms with Gasteiger partial charge in [-0.1, -0.05) is 0 Å². The number of nitrogens with one attached hydrogen (secondary N) is 1. The second kappa shape index (κ2) is 8.87. The van der Waals surface area contributed by atoms with Crippen molar-refractivity contribution in [2.45, 2.75) is 44.0 Å². The second-order valence-corrected chi connectivity index (χ2v) is 4.53. The molecule has 0 aliphatic carbocycles. The molecule has 0 spiro atoms. The molecule has 0 saturated heterocycles. The summed E-state index contributed by atoms with van der Waals surface area (Å²) >= 11 is 0. The van der Waals surface area contributed by atoms with Crippen LogP contribution in [-0.2, 0) is 14.3 Å². The Bertz CT molecular complexity index is 345. The van der Waals surface area contributed by atoms with Crippen molar-refractivity contribution < 1.29 is 45.0 Å². The van der Waals surface area contributed by atoms with Gasteiger partial charge in [-0.15, -0.1) is 0 Å². The van der Waals surface area contributed by atoms with Gasteiger partial charge in [0.2, 0.25) is 0 Å². The number of hydrogen-bond donors (Lipinski definition) is 7. The first-order chi connectivity index (χ1) is 9.56. The van der Waals surface area contributed by atoms with Crippen molar-refractivity contribution in [3.05, 3.63) is 0 Å². The van der Waals surface area contributed by atoms with Crippen LogP contribution >= 0.6 is 0 Å². The van der Waals surface area contributed by atoms with E-state index in [-0.39, 0.29) is 19.4 Å². The van der Waals surface area contributed by atoms with Crippen LogP contribution in [0.5, 0.6) is 0 Å². The first-order valence-electron chi connectivity index (χ1n) is 6.19. The average molecular weight is 311 g/mol. The van der Waals surface area contributed by atoms with Gasteiger partial charge >= 0.3 is 17.9 Å². The van der Waals surface area contributed by atoms with Crippen molar-refractivity contribution in [3.8, 4) is 0 Å². The van der Waals surface area contributed by atoms with Crippen LogP contribution in [0.15, 0.2) is 0 Å². The predicted molar refractivity (Wildman–Crippen MR) is 67.1 cm³/mol. The van der Waals surface area contributed by atoms with Gasteiger partial charge in [-0.3, -0.25) is 9.59 Å². The van der Waals surface area contributed by atoms with E-state index in [2.05, 4.69) is 10.1 Å². The summed E-state index contributed by atoms with van der Waals surface area (Å²) in [6.07, 6.45) is -3.42. The molecule has 0 aromatic heterocycles. The van der Waals surface area contributed by atoms with Crippen LogP contribution in [0.1, 0.15) is 19.8 Å². The molecule has 0 bridgehead atoms. The van der Waals surface area contributed by atoms with Crippen LogP contribution in [0, 0.1) is 0 Å². The SMILES string of the molecule is CC(O)C(O)(O)OCC(O)CNC(CCC(=O)O)C(=O)O. The van der Waals surface area contributed by atoms with Crippen molar-refractivity contribution in [2.75, 3.05) is 13.2 Å². The first-order valence-corrected chi connectivity index (χ1v) is 6.19. The van der Waals surface area contributed by atoms with Crippen LogP contribution in [0.3, 0.4) is 0 Å². The molecule has 3 unspecified atom stereocenters. The summed E-state index contributed by atoms with van der Waals surface area (Å²) in [5.41, 5.74) is 0. The van der Waals surface area contributed by atoms with Gasteiger partial charge in [0.1, 0.15) is 12.1 Å². The number of aliphatic carboxylic acids is 2. The number of carboxylic acid groups (broad SMARTS) is 2. The highest BCUT2D eigenvalue weighted by molar-refractivity contribution is 5.75. The molecule has 0 radical (unpaired) electrons. The van der Waals surface area contributed by atoms with E-state index in [9.17, 15) is 14.7 Å². The van der Waals surface area contributed by atoms with Gasteiger partial charge in [-0.25, -0.2) is 0 Å². The number of carboxylic acids is 2. The standard InChI is InChI=1S/C11H21NO9/c1-6(13)11(19,20)21-5-7(14)4-12-8(10(17)18)2-3-9(15)16/h6-8,12-14,19-20H,2-5H2,1H3,(H,15,16)(H,17,18). The molecule has 0 aliphatic rings. The highest BCUT2D eigenvalue weighted by Gasteiger charge is 2.31. The van der Waals surface area contributed by atoms with Gasteiger partial charge in [0, 0.05) is 13.0 Å². The lowest BCUT2D eigenvalue weighted by Gasteiger charge is -2.26. The Kier molecular flexibility index (Phi) is 8.32. The molecule has 0 aromatic rings.